The molecule has 0 N–H and O–H groups in total. The monoisotopic (exact) mass is 365 g/mol. The van der Waals surface area contributed by atoms with Gasteiger partial charge in [-0.25, -0.2) is 0 Å². The fourth-order valence-corrected chi connectivity index (χ4v) is 2.98. The van der Waals surface area contributed by atoms with E-state index >= 15 is 0 Å². The fraction of sp³-hybridized carbons (Fsp3) is 0.250. The third-order valence-corrected chi connectivity index (χ3v) is 4.50. The number of furan rings is 1. The maximum absolute atomic E-state index is 12.1. The first-order chi connectivity index (χ1) is 13.2. The van der Waals surface area contributed by atoms with Crippen molar-refractivity contribution >= 4 is 12.0 Å². The third-order valence-electron chi connectivity index (χ3n) is 4.50. The van der Waals surface area contributed by atoms with Gasteiger partial charge in [0, 0.05) is 31.1 Å². The minimum Gasteiger partial charge on any atom is -0.496 e. The summed E-state index contributed by atoms with van der Waals surface area (Å²) in [7, 11) is 1.64. The Labute approximate surface area is 156 Å². The van der Waals surface area contributed by atoms with Crippen LogP contribution in [0.25, 0.3) is 6.08 Å². The van der Waals surface area contributed by atoms with Crippen LogP contribution in [0.4, 0.5) is 0 Å². The number of hydrogen-bond donors (Lipinski definition) is 0. The van der Waals surface area contributed by atoms with Gasteiger partial charge < -0.3 is 18.6 Å². The normalized spacial score (nSPS) is 14.5. The lowest BCUT2D eigenvalue weighted by atomic mass is 10.00. The van der Waals surface area contributed by atoms with E-state index in [9.17, 15) is 4.79 Å². The average Bonchev–Trinajstić information content (AvgIpc) is 3.31. The van der Waals surface area contributed by atoms with Crippen molar-refractivity contribution in [2.45, 2.75) is 12.3 Å². The minimum atomic E-state index is -0.0589. The number of hydrogen-bond acceptors (Lipinski definition) is 6. The van der Waals surface area contributed by atoms with Gasteiger partial charge in [-0.3, -0.25) is 4.79 Å². The molecule has 27 heavy (non-hydrogen) atoms. The summed E-state index contributed by atoms with van der Waals surface area (Å²) in [6.07, 6.45) is 5.28. The van der Waals surface area contributed by atoms with Crippen molar-refractivity contribution in [3.8, 4) is 5.75 Å². The van der Waals surface area contributed by atoms with E-state index in [1.54, 1.807) is 36.5 Å². The molecule has 0 atom stereocenters. The molecular weight excluding hydrogens is 346 g/mol. The maximum atomic E-state index is 12.1. The zero-order chi connectivity index (χ0) is 18.6. The predicted molar refractivity (Wildman–Crippen MR) is 97.2 cm³/mol. The number of benzene rings is 1. The van der Waals surface area contributed by atoms with E-state index in [0.29, 0.717) is 37.0 Å². The summed E-state index contributed by atoms with van der Waals surface area (Å²) in [6.45, 7) is 1.13. The molecule has 1 saturated heterocycles. The summed E-state index contributed by atoms with van der Waals surface area (Å²) in [5, 5.41) is 4.06. The minimum absolute atomic E-state index is 0.0589. The van der Waals surface area contributed by atoms with Gasteiger partial charge in [0.25, 0.3) is 0 Å². The molecule has 1 fully saturated rings. The molecule has 0 aliphatic carbocycles. The Kier molecular flexibility index (Phi) is 4.74. The number of methoxy groups -OCH3 is 1. The van der Waals surface area contributed by atoms with Gasteiger partial charge in [0.05, 0.1) is 19.3 Å². The number of nitrogens with zero attached hydrogens (tertiary/aromatic N) is 3. The Morgan fingerprint density at radius 2 is 2.15 bits per heavy atom. The number of aromatic nitrogens is 2. The van der Waals surface area contributed by atoms with Crippen LogP contribution < -0.4 is 4.74 Å². The molecule has 3 heterocycles. The summed E-state index contributed by atoms with van der Waals surface area (Å²) in [6, 6.07) is 11.3. The quantitative estimate of drug-likeness (QED) is 0.625. The lowest BCUT2D eigenvalue weighted by Crippen LogP contribution is -2.47. The van der Waals surface area contributed by atoms with Crippen LogP contribution in [-0.2, 0) is 11.2 Å². The second kappa shape index (κ2) is 7.49. The Morgan fingerprint density at radius 3 is 2.93 bits per heavy atom. The van der Waals surface area contributed by atoms with Crippen molar-refractivity contribution < 1.29 is 18.5 Å². The lowest BCUT2D eigenvalue weighted by molar-refractivity contribution is -0.130. The third kappa shape index (κ3) is 3.76. The van der Waals surface area contributed by atoms with Crippen LogP contribution in [0.1, 0.15) is 29.0 Å². The molecular formula is C20H19N3O4. The first kappa shape index (κ1) is 17.1. The molecule has 0 bridgehead atoms. The summed E-state index contributed by atoms with van der Waals surface area (Å²) in [5.41, 5.74) is 1.00. The van der Waals surface area contributed by atoms with Crippen molar-refractivity contribution in [3.63, 3.8) is 0 Å². The molecule has 7 nitrogen and oxygen atoms in total. The Morgan fingerprint density at radius 1 is 1.30 bits per heavy atom. The van der Waals surface area contributed by atoms with E-state index in [-0.39, 0.29) is 11.8 Å². The fourth-order valence-electron chi connectivity index (χ4n) is 2.98. The van der Waals surface area contributed by atoms with Crippen LogP contribution in [0.5, 0.6) is 5.75 Å². The van der Waals surface area contributed by atoms with Gasteiger partial charge in [-0.15, -0.1) is 0 Å². The van der Waals surface area contributed by atoms with Gasteiger partial charge in [-0.1, -0.05) is 23.4 Å². The summed E-state index contributed by atoms with van der Waals surface area (Å²) in [4.78, 5) is 18.3. The molecule has 0 spiro atoms. The molecule has 0 saturated carbocycles. The van der Waals surface area contributed by atoms with Crippen LogP contribution >= 0.6 is 0 Å². The van der Waals surface area contributed by atoms with Gasteiger partial charge >= 0.3 is 0 Å². The van der Waals surface area contributed by atoms with Gasteiger partial charge in [0.15, 0.2) is 5.82 Å². The lowest BCUT2D eigenvalue weighted by Gasteiger charge is -2.36. The number of carbonyl (C=O) groups excluding carboxylic acids is 1. The zero-order valence-corrected chi connectivity index (χ0v) is 14.9. The smallest absolute Gasteiger partial charge is 0.246 e. The Hall–Kier alpha value is -3.35. The molecule has 138 valence electrons. The number of carbonyl (C=O) groups is 1. The van der Waals surface area contributed by atoms with Crippen molar-refractivity contribution in [3.05, 3.63) is 71.8 Å². The second-order valence-corrected chi connectivity index (χ2v) is 6.33. The molecule has 3 aromatic rings. The SMILES string of the molecule is COc1ccccc1Cc1noc(C2CN(C(=O)/C=C/c3ccco3)C2)n1. The summed E-state index contributed by atoms with van der Waals surface area (Å²) in [5.74, 6) is 2.64. The van der Waals surface area contributed by atoms with Gasteiger partial charge in [0.1, 0.15) is 11.5 Å². The molecule has 7 heteroatoms. The number of amides is 1. The number of rotatable bonds is 6. The molecule has 1 amide bonds. The van der Waals surface area contributed by atoms with E-state index in [1.165, 1.54) is 6.08 Å². The highest BCUT2D eigenvalue weighted by molar-refractivity contribution is 5.92. The highest BCUT2D eigenvalue weighted by atomic mass is 16.5. The van der Waals surface area contributed by atoms with Crippen LogP contribution in [-0.4, -0.2) is 41.1 Å². The number of likely N-dealkylation sites (tertiary alicyclic amines) is 1. The molecule has 1 aliphatic rings. The van der Waals surface area contributed by atoms with Crippen molar-refractivity contribution in [2.24, 2.45) is 0 Å². The zero-order valence-electron chi connectivity index (χ0n) is 14.9. The average molecular weight is 365 g/mol. The molecule has 4 rings (SSSR count). The summed E-state index contributed by atoms with van der Waals surface area (Å²) >= 11 is 0. The molecule has 0 radical (unpaired) electrons. The van der Waals surface area contributed by atoms with E-state index < -0.39 is 0 Å². The Bertz CT molecular complexity index is 940. The van der Waals surface area contributed by atoms with Crippen LogP contribution in [0.3, 0.4) is 0 Å². The van der Waals surface area contributed by atoms with Crippen LogP contribution in [0.2, 0.25) is 0 Å². The summed E-state index contributed by atoms with van der Waals surface area (Å²) < 4.78 is 15.9. The standard InChI is InChI=1S/C20H19N3O4/c1-25-17-7-3-2-5-14(17)11-18-21-20(27-22-18)15-12-23(13-15)19(24)9-8-16-6-4-10-26-16/h2-10,15H,11-13H2,1H3/b9-8+. The van der Waals surface area contributed by atoms with Crippen LogP contribution in [0.15, 0.2) is 57.7 Å². The highest BCUT2D eigenvalue weighted by Crippen LogP contribution is 2.27. The van der Waals surface area contributed by atoms with E-state index in [0.717, 1.165) is 11.3 Å². The number of ether oxygens (including phenoxy) is 1. The van der Waals surface area contributed by atoms with Gasteiger partial charge in [0.2, 0.25) is 11.8 Å². The molecule has 0 unspecified atom stereocenters. The molecule has 1 aliphatic heterocycles. The largest absolute Gasteiger partial charge is 0.496 e. The van der Waals surface area contributed by atoms with Crippen molar-refractivity contribution in [2.75, 3.05) is 20.2 Å². The maximum Gasteiger partial charge on any atom is 0.246 e. The van der Waals surface area contributed by atoms with Crippen LogP contribution in [0, 0.1) is 0 Å². The topological polar surface area (TPSA) is 81.6 Å². The number of para-hydroxylation sites is 1. The first-order valence-corrected chi connectivity index (χ1v) is 8.68. The predicted octanol–water partition coefficient (Wildman–Crippen LogP) is 2.90. The van der Waals surface area contributed by atoms with E-state index in [1.807, 2.05) is 24.3 Å². The van der Waals surface area contributed by atoms with E-state index in [2.05, 4.69) is 10.1 Å². The second-order valence-electron chi connectivity index (χ2n) is 6.33. The van der Waals surface area contributed by atoms with Crippen molar-refractivity contribution in [1.29, 1.82) is 0 Å². The van der Waals surface area contributed by atoms with E-state index in [4.69, 9.17) is 13.7 Å². The van der Waals surface area contributed by atoms with Crippen molar-refractivity contribution in [1.82, 2.24) is 15.0 Å². The van der Waals surface area contributed by atoms with Gasteiger partial charge in [-0.2, -0.15) is 4.98 Å². The Balaban J connectivity index is 1.33. The van der Waals surface area contributed by atoms with Gasteiger partial charge in [-0.05, 0) is 24.3 Å². The highest BCUT2D eigenvalue weighted by Gasteiger charge is 2.34. The first-order valence-electron chi connectivity index (χ1n) is 8.68. The molecule has 2 aromatic heterocycles. The molecule has 1 aromatic carbocycles.